The van der Waals surface area contributed by atoms with E-state index in [0.29, 0.717) is 25.1 Å². The highest BCUT2D eigenvalue weighted by Crippen LogP contribution is 2.34. The Hall–Kier alpha value is -2.85. The number of aromatic nitrogens is 2. The van der Waals surface area contributed by atoms with Crippen LogP contribution in [0.2, 0.25) is 0 Å². The number of nitriles is 1. The molecule has 1 aliphatic carbocycles. The van der Waals surface area contributed by atoms with Crippen LogP contribution < -0.4 is 11.1 Å². The average Bonchev–Trinajstić information content (AvgIpc) is 2.99. The van der Waals surface area contributed by atoms with Gasteiger partial charge in [0.1, 0.15) is 5.56 Å². The molecule has 0 bridgehead atoms. The Morgan fingerprint density at radius 2 is 2.12 bits per heavy atom. The lowest BCUT2D eigenvalue weighted by atomic mass is 9.84. The molecule has 2 aromatic rings. The van der Waals surface area contributed by atoms with Crippen LogP contribution in [-0.2, 0) is 0 Å². The third-order valence-electron chi connectivity index (χ3n) is 4.33. The predicted molar refractivity (Wildman–Crippen MR) is 88.5 cm³/mol. The molecule has 0 saturated heterocycles. The smallest absolute Gasteiger partial charge is 0.254 e. The normalized spacial score (nSPS) is 23.4. The summed E-state index contributed by atoms with van der Waals surface area (Å²) in [7, 11) is 0. The fourth-order valence-electron chi connectivity index (χ4n) is 3.08. The lowest BCUT2D eigenvalue weighted by molar-refractivity contribution is 0.0861. The molecule has 3 rings (SSSR count). The van der Waals surface area contributed by atoms with Crippen molar-refractivity contribution in [1.82, 2.24) is 9.78 Å². The molecule has 1 saturated carbocycles. The zero-order chi connectivity index (χ0) is 17.1. The second-order valence-electron chi connectivity index (χ2n) is 6.00. The molecule has 1 amide bonds. The number of hydrogen-bond donors (Lipinski definition) is 3. The van der Waals surface area contributed by atoms with Crippen LogP contribution in [0.15, 0.2) is 36.5 Å². The fourth-order valence-corrected chi connectivity index (χ4v) is 3.08. The Bertz CT molecular complexity index is 765. The number of carbonyl (C=O) groups excluding carboxylic acids is 1. The Balaban J connectivity index is 1.91. The van der Waals surface area contributed by atoms with E-state index in [1.165, 1.54) is 0 Å². The largest absolute Gasteiger partial charge is 0.393 e. The molecule has 1 aromatic carbocycles. The molecule has 0 spiro atoms. The molecule has 1 fully saturated rings. The van der Waals surface area contributed by atoms with Gasteiger partial charge in [-0.1, -0.05) is 18.2 Å². The second kappa shape index (κ2) is 6.72. The first-order valence-electron chi connectivity index (χ1n) is 7.87. The van der Waals surface area contributed by atoms with E-state index in [9.17, 15) is 15.2 Å². The molecule has 1 heterocycles. The second-order valence-corrected chi connectivity index (χ2v) is 6.00. The molecule has 7 heteroatoms. The van der Waals surface area contributed by atoms with Crippen LogP contribution in [0.4, 0.5) is 11.5 Å². The Labute approximate surface area is 139 Å². The lowest BCUT2D eigenvalue weighted by Gasteiger charge is -2.30. The summed E-state index contributed by atoms with van der Waals surface area (Å²) in [6.07, 6.45) is 2.77. The monoisotopic (exact) mass is 325 g/mol. The first kappa shape index (κ1) is 16.0. The molecular formula is C17H19N5O2. The van der Waals surface area contributed by atoms with Gasteiger partial charge < -0.3 is 16.2 Å². The minimum absolute atomic E-state index is 0.178. The van der Waals surface area contributed by atoms with E-state index in [2.05, 4.69) is 16.5 Å². The van der Waals surface area contributed by atoms with Gasteiger partial charge in [0.15, 0.2) is 5.82 Å². The zero-order valence-electron chi connectivity index (χ0n) is 13.1. The molecule has 24 heavy (non-hydrogen) atoms. The highest BCUT2D eigenvalue weighted by atomic mass is 16.3. The van der Waals surface area contributed by atoms with Crippen LogP contribution in [0.1, 0.15) is 35.7 Å². The van der Waals surface area contributed by atoms with Gasteiger partial charge in [-0.3, -0.25) is 9.48 Å². The summed E-state index contributed by atoms with van der Waals surface area (Å²) in [5.74, 6) is -0.556. The van der Waals surface area contributed by atoms with Crippen LogP contribution in [0.5, 0.6) is 0 Å². The summed E-state index contributed by atoms with van der Waals surface area (Å²) in [5, 5.41) is 26.6. The van der Waals surface area contributed by atoms with E-state index in [1.807, 2.05) is 30.3 Å². The highest BCUT2D eigenvalue weighted by molar-refractivity contribution is 5.98. The maximum Gasteiger partial charge on any atom is 0.254 e. The topological polar surface area (TPSA) is 117 Å². The fraction of sp³-hybridized carbons (Fsp3) is 0.353. The molecule has 124 valence electrons. The number of para-hydroxylation sites is 1. The van der Waals surface area contributed by atoms with E-state index in [4.69, 9.17) is 5.73 Å². The van der Waals surface area contributed by atoms with Gasteiger partial charge in [-0.15, -0.1) is 0 Å². The lowest BCUT2D eigenvalue weighted by Crippen LogP contribution is -2.29. The number of hydrogen-bond acceptors (Lipinski definition) is 5. The SMILES string of the molecule is N#CC1CC(O)CCC1n1cc(C(N)=O)c(Nc2ccccc2)n1. The number of primary amides is 1. The third kappa shape index (κ3) is 3.24. The van der Waals surface area contributed by atoms with E-state index in [0.717, 1.165) is 5.69 Å². The van der Waals surface area contributed by atoms with Gasteiger partial charge in [-0.25, -0.2) is 0 Å². The number of nitrogens with two attached hydrogens (primary N) is 1. The van der Waals surface area contributed by atoms with Crippen LogP contribution in [0, 0.1) is 17.2 Å². The number of nitrogens with one attached hydrogen (secondary N) is 1. The number of amides is 1. The molecule has 3 atom stereocenters. The summed E-state index contributed by atoms with van der Waals surface area (Å²) >= 11 is 0. The quantitative estimate of drug-likeness (QED) is 0.794. The number of benzene rings is 1. The summed E-state index contributed by atoms with van der Waals surface area (Å²) in [4.78, 5) is 11.7. The minimum atomic E-state index is -0.580. The number of nitrogens with zero attached hydrogens (tertiary/aromatic N) is 3. The van der Waals surface area contributed by atoms with Crippen LogP contribution in [0.3, 0.4) is 0 Å². The van der Waals surface area contributed by atoms with Crippen molar-refractivity contribution in [2.75, 3.05) is 5.32 Å². The van der Waals surface area contributed by atoms with Gasteiger partial charge in [0, 0.05) is 11.9 Å². The minimum Gasteiger partial charge on any atom is -0.393 e. The van der Waals surface area contributed by atoms with Crippen molar-refractivity contribution < 1.29 is 9.90 Å². The van der Waals surface area contributed by atoms with Gasteiger partial charge in [0.25, 0.3) is 5.91 Å². The highest BCUT2D eigenvalue weighted by Gasteiger charge is 2.32. The Kier molecular flexibility index (Phi) is 4.49. The van der Waals surface area contributed by atoms with Crippen molar-refractivity contribution in [3.8, 4) is 6.07 Å². The van der Waals surface area contributed by atoms with Crippen molar-refractivity contribution in [3.05, 3.63) is 42.1 Å². The number of anilines is 2. The van der Waals surface area contributed by atoms with Crippen molar-refractivity contribution in [2.45, 2.75) is 31.4 Å². The van der Waals surface area contributed by atoms with Crippen LogP contribution >= 0.6 is 0 Å². The predicted octanol–water partition coefficient (Wildman–Crippen LogP) is 1.95. The van der Waals surface area contributed by atoms with Gasteiger partial charge >= 0.3 is 0 Å². The molecule has 4 N–H and O–H groups in total. The van der Waals surface area contributed by atoms with Gasteiger partial charge in [0.05, 0.1) is 24.1 Å². The average molecular weight is 325 g/mol. The number of rotatable bonds is 4. The van der Waals surface area contributed by atoms with Crippen molar-refractivity contribution in [1.29, 1.82) is 5.26 Å². The van der Waals surface area contributed by atoms with E-state index in [-0.39, 0.29) is 17.5 Å². The van der Waals surface area contributed by atoms with Crippen molar-refractivity contribution in [2.24, 2.45) is 11.7 Å². The van der Waals surface area contributed by atoms with Gasteiger partial charge in [-0.2, -0.15) is 10.4 Å². The number of aliphatic hydroxyl groups is 1. The van der Waals surface area contributed by atoms with E-state index < -0.39 is 12.0 Å². The maximum absolute atomic E-state index is 11.7. The molecule has 3 unspecified atom stereocenters. The molecule has 1 aliphatic rings. The van der Waals surface area contributed by atoms with Gasteiger partial charge in [-0.05, 0) is 31.4 Å². The first-order chi connectivity index (χ1) is 11.6. The summed E-state index contributed by atoms with van der Waals surface area (Å²) < 4.78 is 1.63. The zero-order valence-corrected chi connectivity index (χ0v) is 13.1. The number of carbonyl (C=O) groups is 1. The number of aliphatic hydroxyl groups excluding tert-OH is 1. The first-order valence-corrected chi connectivity index (χ1v) is 7.87. The Morgan fingerprint density at radius 1 is 1.38 bits per heavy atom. The van der Waals surface area contributed by atoms with E-state index >= 15 is 0 Å². The van der Waals surface area contributed by atoms with Crippen molar-refractivity contribution in [3.63, 3.8) is 0 Å². The third-order valence-corrected chi connectivity index (χ3v) is 4.33. The Morgan fingerprint density at radius 3 is 2.79 bits per heavy atom. The molecule has 0 aliphatic heterocycles. The molecule has 7 nitrogen and oxygen atoms in total. The summed E-state index contributed by atoms with van der Waals surface area (Å²) in [6.45, 7) is 0. The summed E-state index contributed by atoms with van der Waals surface area (Å²) in [5.41, 5.74) is 6.54. The molecule has 1 aromatic heterocycles. The van der Waals surface area contributed by atoms with Crippen molar-refractivity contribution >= 4 is 17.4 Å². The molecular weight excluding hydrogens is 306 g/mol. The molecule has 0 radical (unpaired) electrons. The standard InChI is InChI=1S/C17H19N5O2/c18-9-11-8-13(23)6-7-15(11)22-10-14(16(19)24)17(21-22)20-12-4-2-1-3-5-12/h1-5,10-11,13,15,23H,6-8H2,(H2,19,24)(H,20,21). The van der Waals surface area contributed by atoms with Gasteiger partial charge in [0.2, 0.25) is 0 Å². The maximum atomic E-state index is 11.7. The summed E-state index contributed by atoms with van der Waals surface area (Å²) in [6, 6.07) is 11.4. The van der Waals surface area contributed by atoms with Crippen LogP contribution in [-0.4, -0.2) is 26.9 Å². The van der Waals surface area contributed by atoms with Crippen LogP contribution in [0.25, 0.3) is 0 Å². The van der Waals surface area contributed by atoms with E-state index in [1.54, 1.807) is 10.9 Å².